The normalized spacial score (nSPS) is 26.9. The van der Waals surface area contributed by atoms with Gasteiger partial charge in [0.15, 0.2) is 10.0 Å². The number of benzene rings is 1. The maximum absolute atomic E-state index is 13.6. The number of thiazole rings is 1. The monoisotopic (exact) mass is 491 g/mol. The van der Waals surface area contributed by atoms with E-state index in [0.717, 1.165) is 47.6 Å². The van der Waals surface area contributed by atoms with Crippen LogP contribution in [0.1, 0.15) is 25.5 Å². The molecule has 33 heavy (non-hydrogen) atoms. The standard InChI is InChI=1S/C23H24F3N5S2/c1-13-5-4-8-31(13)21-28-19(23(24,25)26)9-20(29-21)30-10-14-15(11-30)16(14)12-32-22-27-17-6-2-3-7-18(17)33-22/h2-3,6-7,9,13-16H,4-5,8,10-12H2,1H3/t13-,14?,15?,16?/m0/s1. The van der Waals surface area contributed by atoms with Crippen molar-refractivity contribution >= 4 is 45.1 Å². The third-order valence-electron chi connectivity index (χ3n) is 7.17. The zero-order valence-corrected chi connectivity index (χ0v) is 19.8. The van der Waals surface area contributed by atoms with E-state index >= 15 is 0 Å². The molecular formula is C23H24F3N5S2. The third kappa shape index (κ3) is 4.05. The van der Waals surface area contributed by atoms with Gasteiger partial charge in [0.1, 0.15) is 5.82 Å². The van der Waals surface area contributed by atoms with Gasteiger partial charge in [0.25, 0.3) is 0 Å². The topological polar surface area (TPSA) is 45.2 Å². The molecule has 0 bridgehead atoms. The third-order valence-corrected chi connectivity index (χ3v) is 9.49. The molecule has 2 aromatic heterocycles. The Morgan fingerprint density at radius 2 is 1.91 bits per heavy atom. The van der Waals surface area contributed by atoms with Gasteiger partial charge >= 0.3 is 6.18 Å². The van der Waals surface area contributed by atoms with Crippen molar-refractivity contribution in [3.63, 3.8) is 0 Å². The van der Waals surface area contributed by atoms with E-state index < -0.39 is 11.9 Å². The number of halogens is 3. The summed E-state index contributed by atoms with van der Waals surface area (Å²) < 4.78 is 43.0. The van der Waals surface area contributed by atoms with E-state index in [4.69, 9.17) is 4.98 Å². The summed E-state index contributed by atoms with van der Waals surface area (Å²) in [5.74, 6) is 3.28. The lowest BCUT2D eigenvalue weighted by Gasteiger charge is -2.26. The SMILES string of the molecule is C[C@H]1CCCN1c1nc(N2CC3C(CSc4nc5ccccc5s4)C3C2)cc(C(F)(F)F)n1. The number of alkyl halides is 3. The van der Waals surface area contributed by atoms with Crippen LogP contribution in [-0.4, -0.2) is 46.4 Å². The zero-order chi connectivity index (χ0) is 22.7. The zero-order valence-electron chi connectivity index (χ0n) is 18.1. The molecule has 0 amide bonds. The van der Waals surface area contributed by atoms with Crippen LogP contribution >= 0.6 is 23.1 Å². The second kappa shape index (κ2) is 8.01. The second-order valence-corrected chi connectivity index (χ2v) is 11.5. The average Bonchev–Trinajstić information content (AvgIpc) is 3.23. The molecule has 2 unspecified atom stereocenters. The Morgan fingerprint density at radius 1 is 1.12 bits per heavy atom. The van der Waals surface area contributed by atoms with Gasteiger partial charge in [0, 0.05) is 37.5 Å². The van der Waals surface area contributed by atoms with Crippen LogP contribution in [0.2, 0.25) is 0 Å². The Morgan fingerprint density at radius 3 is 2.61 bits per heavy atom. The first-order chi connectivity index (χ1) is 15.9. The van der Waals surface area contributed by atoms with E-state index in [9.17, 15) is 13.2 Å². The molecule has 6 rings (SSSR count). The van der Waals surface area contributed by atoms with Crippen LogP contribution in [0, 0.1) is 17.8 Å². The summed E-state index contributed by atoms with van der Waals surface area (Å²) in [4.78, 5) is 17.1. The summed E-state index contributed by atoms with van der Waals surface area (Å²) in [5, 5.41) is 0. The largest absolute Gasteiger partial charge is 0.433 e. The molecule has 0 radical (unpaired) electrons. The summed E-state index contributed by atoms with van der Waals surface area (Å²) in [6.45, 7) is 4.26. The molecule has 0 N–H and O–H groups in total. The van der Waals surface area contributed by atoms with Crippen LogP contribution in [0.3, 0.4) is 0 Å². The van der Waals surface area contributed by atoms with Gasteiger partial charge in [-0.1, -0.05) is 23.9 Å². The molecular weight excluding hydrogens is 467 g/mol. The molecule has 3 atom stereocenters. The van der Waals surface area contributed by atoms with Crippen molar-refractivity contribution in [2.75, 3.05) is 35.2 Å². The molecule has 10 heteroatoms. The van der Waals surface area contributed by atoms with Crippen LogP contribution in [-0.2, 0) is 6.18 Å². The fourth-order valence-corrected chi connectivity index (χ4v) is 7.65. The Kier molecular flexibility index (Phi) is 5.21. The number of fused-ring (bicyclic) bond motifs is 2. The van der Waals surface area contributed by atoms with Crippen molar-refractivity contribution in [3.05, 3.63) is 36.0 Å². The Hall–Kier alpha value is -2.07. The first-order valence-corrected chi connectivity index (χ1v) is 13.1. The number of anilines is 2. The number of rotatable bonds is 5. The summed E-state index contributed by atoms with van der Waals surface area (Å²) in [7, 11) is 0. The van der Waals surface area contributed by atoms with E-state index in [1.165, 1.54) is 4.70 Å². The lowest BCUT2D eigenvalue weighted by molar-refractivity contribution is -0.141. The van der Waals surface area contributed by atoms with Gasteiger partial charge < -0.3 is 9.80 Å². The molecule has 3 aromatic rings. The van der Waals surface area contributed by atoms with Crippen LogP contribution in [0.15, 0.2) is 34.7 Å². The molecule has 2 aliphatic heterocycles. The molecule has 1 saturated carbocycles. The van der Waals surface area contributed by atoms with E-state index in [-0.39, 0.29) is 12.0 Å². The van der Waals surface area contributed by atoms with Gasteiger partial charge in [0.2, 0.25) is 5.95 Å². The number of nitrogens with zero attached hydrogens (tertiary/aromatic N) is 5. The van der Waals surface area contributed by atoms with E-state index in [0.29, 0.717) is 30.1 Å². The second-order valence-electron chi connectivity index (χ2n) is 9.25. The van der Waals surface area contributed by atoms with Crippen molar-refractivity contribution in [1.82, 2.24) is 15.0 Å². The highest BCUT2D eigenvalue weighted by molar-refractivity contribution is 8.01. The quantitative estimate of drug-likeness (QED) is 0.435. The summed E-state index contributed by atoms with van der Waals surface area (Å²) >= 11 is 3.53. The van der Waals surface area contributed by atoms with Crippen LogP contribution in [0.25, 0.3) is 10.2 Å². The van der Waals surface area contributed by atoms with Crippen molar-refractivity contribution in [2.45, 2.75) is 36.3 Å². The summed E-state index contributed by atoms with van der Waals surface area (Å²) in [6, 6.07) is 9.45. The number of hydrogen-bond acceptors (Lipinski definition) is 7. The summed E-state index contributed by atoms with van der Waals surface area (Å²) in [6.07, 6.45) is -2.57. The molecule has 174 valence electrons. The number of para-hydroxylation sites is 1. The van der Waals surface area contributed by atoms with Crippen molar-refractivity contribution in [1.29, 1.82) is 0 Å². The van der Waals surface area contributed by atoms with Crippen LogP contribution in [0.5, 0.6) is 0 Å². The molecule has 1 aromatic carbocycles. The molecule has 5 nitrogen and oxygen atoms in total. The molecule has 3 fully saturated rings. The van der Waals surface area contributed by atoms with Gasteiger partial charge in [-0.2, -0.15) is 18.2 Å². The lowest BCUT2D eigenvalue weighted by Crippen LogP contribution is -2.31. The van der Waals surface area contributed by atoms with Gasteiger partial charge in [0.05, 0.1) is 10.2 Å². The molecule has 4 heterocycles. The van der Waals surface area contributed by atoms with Crippen LogP contribution in [0.4, 0.5) is 24.9 Å². The molecule has 2 saturated heterocycles. The molecule has 3 aliphatic rings. The van der Waals surface area contributed by atoms with E-state index in [1.54, 1.807) is 23.1 Å². The van der Waals surface area contributed by atoms with Crippen molar-refractivity contribution in [3.8, 4) is 0 Å². The van der Waals surface area contributed by atoms with Crippen molar-refractivity contribution < 1.29 is 13.2 Å². The number of hydrogen-bond donors (Lipinski definition) is 0. The van der Waals surface area contributed by atoms with Crippen molar-refractivity contribution in [2.24, 2.45) is 17.8 Å². The van der Waals surface area contributed by atoms with Crippen LogP contribution < -0.4 is 9.80 Å². The Balaban J connectivity index is 1.14. The van der Waals surface area contributed by atoms with E-state index in [1.807, 2.05) is 34.9 Å². The first kappa shape index (κ1) is 21.5. The van der Waals surface area contributed by atoms with Gasteiger partial charge in [-0.05, 0) is 49.7 Å². The highest BCUT2D eigenvalue weighted by Crippen LogP contribution is 2.54. The molecule has 0 spiro atoms. The average molecular weight is 492 g/mol. The number of thioether (sulfide) groups is 1. The van der Waals surface area contributed by atoms with E-state index in [2.05, 4.69) is 16.0 Å². The fourth-order valence-electron chi connectivity index (χ4n) is 5.25. The highest BCUT2D eigenvalue weighted by Gasteiger charge is 2.55. The summed E-state index contributed by atoms with van der Waals surface area (Å²) in [5.41, 5.74) is 0.199. The predicted molar refractivity (Wildman–Crippen MR) is 126 cm³/mol. The predicted octanol–water partition coefficient (Wildman–Crippen LogP) is 5.57. The smallest absolute Gasteiger partial charge is 0.356 e. The molecule has 1 aliphatic carbocycles. The Bertz CT molecular complexity index is 1140. The maximum Gasteiger partial charge on any atom is 0.433 e. The van der Waals surface area contributed by atoms with Gasteiger partial charge in [-0.3, -0.25) is 0 Å². The highest BCUT2D eigenvalue weighted by atomic mass is 32.2. The minimum absolute atomic E-state index is 0.164. The minimum atomic E-state index is -4.48. The number of piperidine rings is 1. The Labute approximate surface area is 198 Å². The number of aromatic nitrogens is 3. The maximum atomic E-state index is 13.6. The van der Waals surface area contributed by atoms with Gasteiger partial charge in [-0.25, -0.2) is 9.97 Å². The minimum Gasteiger partial charge on any atom is -0.356 e. The van der Waals surface area contributed by atoms with Gasteiger partial charge in [-0.15, -0.1) is 11.3 Å². The lowest BCUT2D eigenvalue weighted by atomic mass is 10.2. The fraction of sp³-hybridized carbons (Fsp3) is 0.522. The first-order valence-electron chi connectivity index (χ1n) is 11.3.